The topological polar surface area (TPSA) is 49.3 Å². The van der Waals surface area contributed by atoms with Gasteiger partial charge in [-0.25, -0.2) is 9.18 Å². The Bertz CT molecular complexity index is 374. The molecule has 0 aliphatic carbocycles. The minimum atomic E-state index is -1.23. The molecule has 74 valence electrons. The Morgan fingerprint density at radius 1 is 1.57 bits per heavy atom. The van der Waals surface area contributed by atoms with Crippen LogP contribution in [0.3, 0.4) is 0 Å². The van der Waals surface area contributed by atoms with Crippen molar-refractivity contribution in [2.24, 2.45) is 0 Å². The molecule has 0 saturated carbocycles. The Kier molecular flexibility index (Phi) is 2.21. The first-order valence-corrected chi connectivity index (χ1v) is 4.44. The summed E-state index contributed by atoms with van der Waals surface area (Å²) in [5.74, 6) is -1.89. The maximum Gasteiger partial charge on any atom is 0.338 e. The standard InChI is InChI=1S/C10H10FNO2/c11-8-5-6(9-3-4-12-9)1-2-7(8)10(13)14/h1-2,5,9,12H,3-4H2,(H,13,14). The molecule has 1 unspecified atom stereocenters. The predicted molar refractivity (Wildman–Crippen MR) is 48.7 cm³/mol. The number of carboxylic acids is 1. The molecule has 1 fully saturated rings. The van der Waals surface area contributed by atoms with Crippen LogP contribution in [0.25, 0.3) is 0 Å². The van der Waals surface area contributed by atoms with Gasteiger partial charge in [-0.1, -0.05) is 6.07 Å². The van der Waals surface area contributed by atoms with Crippen molar-refractivity contribution in [3.8, 4) is 0 Å². The maximum absolute atomic E-state index is 13.2. The zero-order chi connectivity index (χ0) is 10.1. The molecule has 14 heavy (non-hydrogen) atoms. The van der Waals surface area contributed by atoms with Crippen molar-refractivity contribution >= 4 is 5.97 Å². The smallest absolute Gasteiger partial charge is 0.338 e. The van der Waals surface area contributed by atoms with Crippen molar-refractivity contribution in [2.45, 2.75) is 12.5 Å². The first-order chi connectivity index (χ1) is 6.68. The summed E-state index contributed by atoms with van der Waals surface area (Å²) in [6.07, 6.45) is 0.978. The lowest BCUT2D eigenvalue weighted by Crippen LogP contribution is -2.35. The van der Waals surface area contributed by atoms with Gasteiger partial charge in [0.1, 0.15) is 5.82 Å². The van der Waals surface area contributed by atoms with Crippen LogP contribution < -0.4 is 5.32 Å². The molecule has 1 aliphatic heterocycles. The van der Waals surface area contributed by atoms with Gasteiger partial charge in [-0.3, -0.25) is 0 Å². The fourth-order valence-corrected chi connectivity index (χ4v) is 1.49. The normalized spacial score (nSPS) is 20.2. The van der Waals surface area contributed by atoms with E-state index >= 15 is 0 Å². The third-order valence-electron chi connectivity index (χ3n) is 2.45. The van der Waals surface area contributed by atoms with E-state index in [1.54, 1.807) is 6.07 Å². The summed E-state index contributed by atoms with van der Waals surface area (Å²) in [5.41, 5.74) is 0.548. The fourth-order valence-electron chi connectivity index (χ4n) is 1.49. The van der Waals surface area contributed by atoms with Crippen LogP contribution in [-0.2, 0) is 0 Å². The van der Waals surface area contributed by atoms with Crippen LogP contribution in [0.2, 0.25) is 0 Å². The van der Waals surface area contributed by atoms with Crippen LogP contribution in [0.4, 0.5) is 4.39 Å². The summed E-state index contributed by atoms with van der Waals surface area (Å²) < 4.78 is 13.2. The average molecular weight is 195 g/mol. The summed E-state index contributed by atoms with van der Waals surface area (Å²) >= 11 is 0. The minimum absolute atomic E-state index is 0.187. The number of aromatic carboxylic acids is 1. The quantitative estimate of drug-likeness (QED) is 0.752. The van der Waals surface area contributed by atoms with E-state index in [9.17, 15) is 9.18 Å². The first kappa shape index (κ1) is 9.15. The molecule has 0 aromatic heterocycles. The van der Waals surface area contributed by atoms with E-state index in [1.807, 2.05) is 0 Å². The summed E-state index contributed by atoms with van der Waals surface area (Å²) in [7, 11) is 0. The molecule has 1 atom stereocenters. The number of benzene rings is 1. The van der Waals surface area contributed by atoms with Crippen molar-refractivity contribution in [1.29, 1.82) is 0 Å². The molecule has 0 radical (unpaired) electrons. The minimum Gasteiger partial charge on any atom is -0.478 e. The Morgan fingerprint density at radius 3 is 2.71 bits per heavy atom. The van der Waals surface area contributed by atoms with E-state index < -0.39 is 11.8 Å². The van der Waals surface area contributed by atoms with Gasteiger partial charge in [0.2, 0.25) is 0 Å². The Balaban J connectivity index is 2.30. The number of halogens is 1. The van der Waals surface area contributed by atoms with Crippen LogP contribution in [0.15, 0.2) is 18.2 Å². The molecule has 3 nitrogen and oxygen atoms in total. The lowest BCUT2D eigenvalue weighted by atomic mass is 9.97. The summed E-state index contributed by atoms with van der Waals surface area (Å²) in [4.78, 5) is 10.5. The van der Waals surface area contributed by atoms with Gasteiger partial charge in [0.15, 0.2) is 0 Å². The molecule has 4 heteroatoms. The second-order valence-electron chi connectivity index (χ2n) is 3.34. The molecule has 1 heterocycles. The molecular weight excluding hydrogens is 185 g/mol. The summed E-state index contributed by atoms with van der Waals surface area (Å²) in [5, 5.41) is 11.7. The summed E-state index contributed by atoms with van der Waals surface area (Å²) in [6, 6.07) is 4.45. The molecule has 2 rings (SSSR count). The number of hydrogen-bond acceptors (Lipinski definition) is 2. The van der Waals surface area contributed by atoms with Gasteiger partial charge in [-0.15, -0.1) is 0 Å². The van der Waals surface area contributed by atoms with Crippen LogP contribution in [-0.4, -0.2) is 17.6 Å². The highest BCUT2D eigenvalue weighted by Gasteiger charge is 2.20. The van der Waals surface area contributed by atoms with Crippen LogP contribution >= 0.6 is 0 Å². The zero-order valence-electron chi connectivity index (χ0n) is 7.46. The van der Waals surface area contributed by atoms with Crippen molar-refractivity contribution in [3.63, 3.8) is 0 Å². The Hall–Kier alpha value is -1.42. The van der Waals surface area contributed by atoms with Crippen molar-refractivity contribution in [3.05, 3.63) is 35.1 Å². The van der Waals surface area contributed by atoms with Gasteiger partial charge in [0.05, 0.1) is 5.56 Å². The number of carboxylic acid groups (broad SMARTS) is 1. The van der Waals surface area contributed by atoms with E-state index in [0.29, 0.717) is 0 Å². The van der Waals surface area contributed by atoms with Gasteiger partial charge < -0.3 is 10.4 Å². The van der Waals surface area contributed by atoms with Crippen LogP contribution in [0, 0.1) is 5.82 Å². The van der Waals surface area contributed by atoms with Gasteiger partial charge in [0, 0.05) is 6.04 Å². The highest BCUT2D eigenvalue weighted by molar-refractivity contribution is 5.87. The van der Waals surface area contributed by atoms with Crippen LogP contribution in [0.1, 0.15) is 28.4 Å². The largest absolute Gasteiger partial charge is 0.478 e. The third-order valence-corrected chi connectivity index (χ3v) is 2.45. The Morgan fingerprint density at radius 2 is 2.29 bits per heavy atom. The molecule has 1 aliphatic rings. The first-order valence-electron chi connectivity index (χ1n) is 4.44. The predicted octanol–water partition coefficient (Wildman–Crippen LogP) is 1.56. The van der Waals surface area contributed by atoms with Crippen molar-refractivity contribution in [1.82, 2.24) is 5.32 Å². The number of nitrogens with one attached hydrogen (secondary N) is 1. The van der Waals surface area contributed by atoms with Crippen molar-refractivity contribution < 1.29 is 14.3 Å². The van der Waals surface area contributed by atoms with E-state index in [-0.39, 0.29) is 11.6 Å². The lowest BCUT2D eigenvalue weighted by molar-refractivity contribution is 0.0692. The monoisotopic (exact) mass is 195 g/mol. The number of carbonyl (C=O) groups is 1. The van der Waals surface area contributed by atoms with E-state index in [2.05, 4.69) is 5.32 Å². The second kappa shape index (κ2) is 3.38. The van der Waals surface area contributed by atoms with Gasteiger partial charge in [-0.05, 0) is 30.7 Å². The van der Waals surface area contributed by atoms with Gasteiger partial charge >= 0.3 is 5.97 Å². The molecule has 1 aromatic carbocycles. The number of hydrogen-bond donors (Lipinski definition) is 2. The van der Waals surface area contributed by atoms with E-state index in [1.165, 1.54) is 12.1 Å². The molecule has 0 bridgehead atoms. The Labute approximate surface area is 80.6 Å². The van der Waals surface area contributed by atoms with E-state index in [0.717, 1.165) is 18.5 Å². The molecule has 0 amide bonds. The summed E-state index contributed by atoms with van der Waals surface area (Å²) in [6.45, 7) is 0.937. The SMILES string of the molecule is O=C(O)c1ccc(C2CCN2)cc1F. The highest BCUT2D eigenvalue weighted by Crippen LogP contribution is 2.24. The van der Waals surface area contributed by atoms with Crippen molar-refractivity contribution in [2.75, 3.05) is 6.54 Å². The second-order valence-corrected chi connectivity index (χ2v) is 3.34. The molecular formula is C10H10FNO2. The molecule has 0 spiro atoms. The number of rotatable bonds is 2. The van der Waals surface area contributed by atoms with Gasteiger partial charge in [0.25, 0.3) is 0 Å². The third kappa shape index (κ3) is 1.48. The van der Waals surface area contributed by atoms with Gasteiger partial charge in [-0.2, -0.15) is 0 Å². The maximum atomic E-state index is 13.2. The van der Waals surface area contributed by atoms with E-state index in [4.69, 9.17) is 5.11 Å². The average Bonchev–Trinajstić information content (AvgIpc) is 2.00. The molecule has 1 aromatic rings. The fraction of sp³-hybridized carbons (Fsp3) is 0.300. The molecule has 1 saturated heterocycles. The van der Waals surface area contributed by atoms with Crippen LogP contribution in [0.5, 0.6) is 0 Å². The highest BCUT2D eigenvalue weighted by atomic mass is 19.1. The zero-order valence-corrected chi connectivity index (χ0v) is 7.46. The lowest BCUT2D eigenvalue weighted by Gasteiger charge is -2.28. The molecule has 2 N–H and O–H groups in total.